The van der Waals surface area contributed by atoms with Crippen molar-refractivity contribution in [3.8, 4) is 5.75 Å². The molecule has 1 aliphatic rings. The number of guanidine groups is 1. The van der Waals surface area contributed by atoms with Gasteiger partial charge in [0.25, 0.3) is 0 Å². The molecule has 26 heavy (non-hydrogen) atoms. The van der Waals surface area contributed by atoms with E-state index in [1.54, 1.807) is 0 Å². The zero-order chi connectivity index (χ0) is 17.6. The number of rotatable bonds is 11. The number of nitrogens with one attached hydrogen (secondary N) is 2. The molecule has 1 aliphatic heterocycles. The summed E-state index contributed by atoms with van der Waals surface area (Å²) in [7, 11) is 0. The maximum absolute atomic E-state index is 5.67. The van der Waals surface area contributed by atoms with Gasteiger partial charge in [-0.15, -0.1) is 24.0 Å². The van der Waals surface area contributed by atoms with Crippen LogP contribution in [0.2, 0.25) is 0 Å². The van der Waals surface area contributed by atoms with E-state index in [1.165, 1.54) is 0 Å². The number of ether oxygens (including phenoxy) is 3. The highest BCUT2D eigenvalue weighted by Gasteiger charge is 2.14. The van der Waals surface area contributed by atoms with E-state index in [4.69, 9.17) is 14.2 Å². The maximum atomic E-state index is 5.67. The molecule has 2 N–H and O–H groups in total. The van der Waals surface area contributed by atoms with Crippen molar-refractivity contribution < 1.29 is 14.2 Å². The van der Waals surface area contributed by atoms with Crippen LogP contribution in [0.5, 0.6) is 5.75 Å². The summed E-state index contributed by atoms with van der Waals surface area (Å²) >= 11 is 0. The molecule has 6 nitrogen and oxygen atoms in total. The molecule has 1 saturated heterocycles. The Labute approximate surface area is 174 Å². The quantitative estimate of drug-likeness (QED) is 0.222. The van der Waals surface area contributed by atoms with Crippen LogP contribution in [-0.2, 0) is 9.47 Å². The fraction of sp³-hybridized carbons (Fsp3) is 0.632. The molecule has 1 heterocycles. The van der Waals surface area contributed by atoms with Crippen LogP contribution in [0.3, 0.4) is 0 Å². The molecule has 0 radical (unpaired) electrons. The van der Waals surface area contributed by atoms with Crippen molar-refractivity contribution in [3.05, 3.63) is 30.3 Å². The average Bonchev–Trinajstić information content (AvgIpc) is 3.15. The summed E-state index contributed by atoms with van der Waals surface area (Å²) in [4.78, 5) is 4.55. The number of hydrogen-bond donors (Lipinski definition) is 2. The third-order valence-electron chi connectivity index (χ3n) is 3.80. The molecule has 2 rings (SSSR count). The molecule has 1 fully saturated rings. The Bertz CT molecular complexity index is 482. The smallest absolute Gasteiger partial charge is 0.191 e. The monoisotopic (exact) mass is 477 g/mol. The lowest BCUT2D eigenvalue weighted by molar-refractivity contribution is 0.0191. The van der Waals surface area contributed by atoms with E-state index in [-0.39, 0.29) is 30.1 Å². The average molecular weight is 477 g/mol. The van der Waals surface area contributed by atoms with Crippen LogP contribution in [0.25, 0.3) is 0 Å². The summed E-state index contributed by atoms with van der Waals surface area (Å²) in [6.45, 7) is 7.23. The fourth-order valence-corrected chi connectivity index (χ4v) is 2.54. The van der Waals surface area contributed by atoms with Gasteiger partial charge in [-0.3, -0.25) is 4.99 Å². The van der Waals surface area contributed by atoms with Crippen molar-refractivity contribution in [3.63, 3.8) is 0 Å². The second-order valence-electron chi connectivity index (χ2n) is 5.91. The lowest BCUT2D eigenvalue weighted by Crippen LogP contribution is -2.39. The van der Waals surface area contributed by atoms with Gasteiger partial charge in [0.05, 0.1) is 25.9 Å². The van der Waals surface area contributed by atoms with Crippen LogP contribution < -0.4 is 15.4 Å². The second-order valence-corrected chi connectivity index (χ2v) is 5.91. The van der Waals surface area contributed by atoms with Gasteiger partial charge in [-0.1, -0.05) is 18.2 Å². The van der Waals surface area contributed by atoms with Gasteiger partial charge in [0.2, 0.25) is 0 Å². The van der Waals surface area contributed by atoms with Crippen LogP contribution in [-0.4, -0.2) is 58.1 Å². The summed E-state index contributed by atoms with van der Waals surface area (Å²) < 4.78 is 16.8. The molecule has 0 saturated carbocycles. The Morgan fingerprint density at radius 2 is 2.08 bits per heavy atom. The third kappa shape index (κ3) is 10.2. The van der Waals surface area contributed by atoms with E-state index in [1.807, 2.05) is 30.3 Å². The summed E-state index contributed by atoms with van der Waals surface area (Å²) in [6.07, 6.45) is 3.42. The fourth-order valence-electron chi connectivity index (χ4n) is 2.54. The molecule has 7 heteroatoms. The van der Waals surface area contributed by atoms with Crippen LogP contribution in [0.1, 0.15) is 26.2 Å². The number of nitrogens with zero attached hydrogens (tertiary/aromatic N) is 1. The molecule has 0 bridgehead atoms. The third-order valence-corrected chi connectivity index (χ3v) is 3.80. The SMILES string of the molecule is CCNC(=NCCCOc1ccccc1)NCCOCC1CCCO1.I. The Hall–Kier alpha value is -1.06. The van der Waals surface area contributed by atoms with Crippen molar-refractivity contribution in [2.24, 2.45) is 4.99 Å². The van der Waals surface area contributed by atoms with Gasteiger partial charge in [-0.2, -0.15) is 0 Å². The first-order valence-electron chi connectivity index (χ1n) is 9.28. The minimum absolute atomic E-state index is 0. The molecule has 0 aliphatic carbocycles. The van der Waals surface area contributed by atoms with Crippen molar-refractivity contribution in [1.82, 2.24) is 10.6 Å². The molecule has 148 valence electrons. The zero-order valence-corrected chi connectivity index (χ0v) is 17.9. The molecule has 1 aromatic carbocycles. The molecular formula is C19H32IN3O3. The van der Waals surface area contributed by atoms with Crippen LogP contribution in [0.15, 0.2) is 35.3 Å². The Morgan fingerprint density at radius 3 is 2.81 bits per heavy atom. The number of para-hydroxylation sites is 1. The number of benzene rings is 1. The number of aliphatic imine (C=N–C) groups is 1. The normalized spacial score (nSPS) is 16.8. The standard InChI is InChI=1S/C19H31N3O3.HI/c1-2-20-19(22-12-15-23-16-18-10-6-13-25-18)21-11-7-14-24-17-8-4-3-5-9-17;/h3-5,8-9,18H,2,6-7,10-16H2,1H3,(H2,20,21,22);1H. The Balaban J connectivity index is 0.00000338. The largest absolute Gasteiger partial charge is 0.494 e. The van der Waals surface area contributed by atoms with E-state index in [9.17, 15) is 0 Å². The number of hydrogen-bond acceptors (Lipinski definition) is 4. The molecule has 1 aromatic rings. The zero-order valence-electron chi connectivity index (χ0n) is 15.6. The van der Waals surface area contributed by atoms with Crippen molar-refractivity contribution >= 4 is 29.9 Å². The van der Waals surface area contributed by atoms with Crippen molar-refractivity contribution in [1.29, 1.82) is 0 Å². The Morgan fingerprint density at radius 1 is 1.23 bits per heavy atom. The van der Waals surface area contributed by atoms with E-state index in [2.05, 4.69) is 22.5 Å². The summed E-state index contributed by atoms with van der Waals surface area (Å²) in [6, 6.07) is 9.86. The van der Waals surface area contributed by atoms with Crippen molar-refractivity contribution in [2.45, 2.75) is 32.3 Å². The van der Waals surface area contributed by atoms with Gasteiger partial charge in [0.15, 0.2) is 5.96 Å². The minimum atomic E-state index is 0. The molecule has 0 spiro atoms. The van der Waals surface area contributed by atoms with Gasteiger partial charge < -0.3 is 24.8 Å². The number of halogens is 1. The predicted molar refractivity (Wildman–Crippen MR) is 116 cm³/mol. The van der Waals surface area contributed by atoms with Gasteiger partial charge in [0, 0.05) is 32.7 Å². The van der Waals surface area contributed by atoms with Gasteiger partial charge in [-0.25, -0.2) is 0 Å². The maximum Gasteiger partial charge on any atom is 0.191 e. The summed E-state index contributed by atoms with van der Waals surface area (Å²) in [5.41, 5.74) is 0. The molecular weight excluding hydrogens is 445 g/mol. The predicted octanol–water partition coefficient (Wildman–Crippen LogP) is 2.82. The lowest BCUT2D eigenvalue weighted by atomic mass is 10.2. The van der Waals surface area contributed by atoms with E-state index >= 15 is 0 Å². The summed E-state index contributed by atoms with van der Waals surface area (Å²) in [5.74, 6) is 1.72. The summed E-state index contributed by atoms with van der Waals surface area (Å²) in [5, 5.41) is 6.53. The van der Waals surface area contributed by atoms with Crippen LogP contribution in [0.4, 0.5) is 0 Å². The first-order valence-corrected chi connectivity index (χ1v) is 9.28. The molecule has 0 aromatic heterocycles. The van der Waals surface area contributed by atoms with E-state index < -0.39 is 0 Å². The molecule has 1 unspecified atom stereocenters. The van der Waals surface area contributed by atoms with Crippen LogP contribution in [0, 0.1) is 0 Å². The highest BCUT2D eigenvalue weighted by atomic mass is 127. The van der Waals surface area contributed by atoms with Gasteiger partial charge in [0.1, 0.15) is 5.75 Å². The van der Waals surface area contributed by atoms with Crippen molar-refractivity contribution in [2.75, 3.05) is 46.1 Å². The molecule has 0 amide bonds. The van der Waals surface area contributed by atoms with Crippen LogP contribution >= 0.6 is 24.0 Å². The Kier molecular flexibility index (Phi) is 13.3. The second kappa shape index (κ2) is 15.0. The van der Waals surface area contributed by atoms with Gasteiger partial charge >= 0.3 is 0 Å². The highest BCUT2D eigenvalue weighted by molar-refractivity contribution is 14.0. The molecule has 1 atom stereocenters. The first kappa shape index (κ1) is 23.0. The highest BCUT2D eigenvalue weighted by Crippen LogP contribution is 2.11. The lowest BCUT2D eigenvalue weighted by Gasteiger charge is -2.13. The van der Waals surface area contributed by atoms with E-state index in [0.717, 1.165) is 57.2 Å². The van der Waals surface area contributed by atoms with E-state index in [0.29, 0.717) is 19.8 Å². The minimum Gasteiger partial charge on any atom is -0.494 e. The first-order chi connectivity index (χ1) is 12.4. The topological polar surface area (TPSA) is 64.1 Å². The van der Waals surface area contributed by atoms with Gasteiger partial charge in [-0.05, 0) is 31.9 Å².